The number of carbonyl (C=O) groups excluding carboxylic acids is 1. The van der Waals surface area contributed by atoms with Gasteiger partial charge in [-0.25, -0.2) is 0 Å². The number of amides is 1. The molecule has 0 aliphatic rings. The molecule has 1 heterocycles. The van der Waals surface area contributed by atoms with Gasteiger partial charge < -0.3 is 9.32 Å². The van der Waals surface area contributed by atoms with Crippen molar-refractivity contribution in [2.75, 3.05) is 11.4 Å². The number of rotatable bonds is 3. The van der Waals surface area contributed by atoms with E-state index in [-0.39, 0.29) is 5.91 Å². The van der Waals surface area contributed by atoms with E-state index in [1.54, 1.807) is 17.0 Å². The van der Waals surface area contributed by atoms with Gasteiger partial charge in [-0.2, -0.15) is 0 Å². The molecule has 18 heavy (non-hydrogen) atoms. The molecule has 2 aromatic rings. The molecule has 0 saturated carbocycles. The number of anilines is 1. The molecule has 4 heteroatoms. The first-order chi connectivity index (χ1) is 8.61. The number of aryl methyl sites for hydroxylation is 1. The fraction of sp³-hybridized carbons (Fsp3) is 0.214. The van der Waals surface area contributed by atoms with Crippen molar-refractivity contribution >= 4 is 27.5 Å². The molecule has 0 fully saturated rings. The Bertz CT molecular complexity index is 545. The molecule has 1 amide bonds. The Balaban J connectivity index is 2.28. The van der Waals surface area contributed by atoms with Crippen LogP contribution >= 0.6 is 15.9 Å². The van der Waals surface area contributed by atoms with Crippen molar-refractivity contribution in [3.05, 3.63) is 52.4 Å². The molecule has 1 aromatic heterocycles. The van der Waals surface area contributed by atoms with Gasteiger partial charge in [0.25, 0.3) is 5.91 Å². The van der Waals surface area contributed by atoms with Crippen LogP contribution in [0.3, 0.4) is 0 Å². The van der Waals surface area contributed by atoms with Gasteiger partial charge in [0.2, 0.25) is 0 Å². The Morgan fingerprint density at radius 1 is 1.22 bits per heavy atom. The molecule has 0 atom stereocenters. The molecule has 1 aromatic carbocycles. The van der Waals surface area contributed by atoms with Crippen LogP contribution in [-0.4, -0.2) is 12.5 Å². The van der Waals surface area contributed by atoms with Crippen LogP contribution in [0.2, 0.25) is 0 Å². The number of halogens is 1. The minimum Gasteiger partial charge on any atom is -0.444 e. The molecule has 0 spiro atoms. The van der Waals surface area contributed by atoms with Crippen LogP contribution in [0.4, 0.5) is 5.69 Å². The van der Waals surface area contributed by atoms with Crippen molar-refractivity contribution in [2.45, 2.75) is 13.8 Å². The van der Waals surface area contributed by atoms with Crippen LogP contribution in [0.5, 0.6) is 0 Å². The molecule has 0 aliphatic heterocycles. The maximum atomic E-state index is 12.3. The number of furan rings is 1. The Kier molecular flexibility index (Phi) is 3.87. The van der Waals surface area contributed by atoms with Crippen molar-refractivity contribution in [3.8, 4) is 0 Å². The van der Waals surface area contributed by atoms with E-state index in [4.69, 9.17) is 4.42 Å². The van der Waals surface area contributed by atoms with E-state index >= 15 is 0 Å². The van der Waals surface area contributed by atoms with Crippen molar-refractivity contribution in [3.63, 3.8) is 0 Å². The lowest BCUT2D eigenvalue weighted by Gasteiger charge is -2.19. The third kappa shape index (κ3) is 2.64. The van der Waals surface area contributed by atoms with E-state index in [1.165, 1.54) is 5.56 Å². The lowest BCUT2D eigenvalue weighted by Crippen LogP contribution is -2.30. The number of nitrogens with zero attached hydrogens (tertiary/aromatic N) is 1. The van der Waals surface area contributed by atoms with Gasteiger partial charge in [-0.1, -0.05) is 17.7 Å². The van der Waals surface area contributed by atoms with E-state index in [9.17, 15) is 4.79 Å². The van der Waals surface area contributed by atoms with E-state index in [2.05, 4.69) is 15.9 Å². The molecular weight excluding hydrogens is 294 g/mol. The zero-order valence-electron chi connectivity index (χ0n) is 10.3. The molecule has 0 bridgehead atoms. The summed E-state index contributed by atoms with van der Waals surface area (Å²) in [6.07, 6.45) is 0. The first-order valence-electron chi connectivity index (χ1n) is 5.75. The molecular formula is C14H14BrNO2. The topological polar surface area (TPSA) is 33.5 Å². The zero-order valence-corrected chi connectivity index (χ0v) is 11.9. The summed E-state index contributed by atoms with van der Waals surface area (Å²) in [4.78, 5) is 14.0. The number of carbonyl (C=O) groups is 1. The number of hydrogen-bond donors (Lipinski definition) is 0. The maximum absolute atomic E-state index is 12.3. The maximum Gasteiger partial charge on any atom is 0.294 e. The molecule has 94 valence electrons. The van der Waals surface area contributed by atoms with Gasteiger partial charge in [-0.15, -0.1) is 0 Å². The standard InChI is InChI=1S/C14H14BrNO2/c1-3-16(11-6-4-10(2)5-7-11)14(17)12-8-9-13(15)18-12/h4-9H,3H2,1-2H3. The van der Waals surface area contributed by atoms with Crippen LogP contribution < -0.4 is 4.90 Å². The second-order valence-corrected chi connectivity index (χ2v) is 4.77. The Morgan fingerprint density at radius 3 is 2.39 bits per heavy atom. The fourth-order valence-electron chi connectivity index (χ4n) is 1.73. The second kappa shape index (κ2) is 5.40. The molecule has 3 nitrogen and oxygen atoms in total. The molecule has 2 rings (SSSR count). The lowest BCUT2D eigenvalue weighted by molar-refractivity contribution is 0.0960. The Hall–Kier alpha value is -1.55. The minimum absolute atomic E-state index is 0.132. The SMILES string of the molecule is CCN(C(=O)c1ccc(Br)o1)c1ccc(C)cc1. The van der Waals surface area contributed by atoms with E-state index < -0.39 is 0 Å². The number of hydrogen-bond acceptors (Lipinski definition) is 2. The van der Waals surface area contributed by atoms with Crippen LogP contribution in [0.25, 0.3) is 0 Å². The number of benzene rings is 1. The highest BCUT2D eigenvalue weighted by atomic mass is 79.9. The molecule has 0 saturated heterocycles. The largest absolute Gasteiger partial charge is 0.444 e. The zero-order chi connectivity index (χ0) is 13.1. The van der Waals surface area contributed by atoms with Crippen LogP contribution in [0, 0.1) is 6.92 Å². The monoisotopic (exact) mass is 307 g/mol. The second-order valence-electron chi connectivity index (χ2n) is 3.99. The van der Waals surface area contributed by atoms with Crippen molar-refractivity contribution < 1.29 is 9.21 Å². The third-order valence-corrected chi connectivity index (χ3v) is 3.12. The first-order valence-corrected chi connectivity index (χ1v) is 6.55. The van der Waals surface area contributed by atoms with Gasteiger partial charge in [-0.3, -0.25) is 4.79 Å². The van der Waals surface area contributed by atoms with Gasteiger partial charge in [0, 0.05) is 12.2 Å². The third-order valence-electron chi connectivity index (χ3n) is 2.69. The van der Waals surface area contributed by atoms with Gasteiger partial charge in [-0.05, 0) is 54.0 Å². The summed E-state index contributed by atoms with van der Waals surface area (Å²) < 4.78 is 5.86. The lowest BCUT2D eigenvalue weighted by atomic mass is 10.2. The summed E-state index contributed by atoms with van der Waals surface area (Å²) in [6.45, 7) is 4.56. The predicted molar refractivity (Wildman–Crippen MR) is 74.9 cm³/mol. The minimum atomic E-state index is -0.132. The molecule has 0 unspecified atom stereocenters. The average molecular weight is 308 g/mol. The van der Waals surface area contributed by atoms with E-state index in [1.807, 2.05) is 38.1 Å². The highest BCUT2D eigenvalue weighted by Gasteiger charge is 2.19. The van der Waals surface area contributed by atoms with Gasteiger partial charge in [0.05, 0.1) is 0 Å². The van der Waals surface area contributed by atoms with Crippen molar-refractivity contribution in [1.29, 1.82) is 0 Å². The molecule has 0 aliphatic carbocycles. The van der Waals surface area contributed by atoms with Crippen molar-refractivity contribution in [1.82, 2.24) is 0 Å². The Morgan fingerprint density at radius 2 is 1.89 bits per heavy atom. The average Bonchev–Trinajstić information content (AvgIpc) is 2.79. The van der Waals surface area contributed by atoms with Crippen LogP contribution in [-0.2, 0) is 0 Å². The summed E-state index contributed by atoms with van der Waals surface area (Å²) in [5.74, 6) is 0.205. The summed E-state index contributed by atoms with van der Waals surface area (Å²) in [5.41, 5.74) is 2.05. The van der Waals surface area contributed by atoms with Gasteiger partial charge >= 0.3 is 0 Å². The fourth-order valence-corrected chi connectivity index (χ4v) is 2.04. The molecule has 0 N–H and O–H groups in total. The quantitative estimate of drug-likeness (QED) is 0.858. The van der Waals surface area contributed by atoms with Gasteiger partial charge in [0.1, 0.15) is 0 Å². The van der Waals surface area contributed by atoms with E-state index in [0.717, 1.165) is 5.69 Å². The summed E-state index contributed by atoms with van der Waals surface area (Å²) in [5, 5.41) is 0. The highest BCUT2D eigenvalue weighted by Crippen LogP contribution is 2.20. The summed E-state index contributed by atoms with van der Waals surface area (Å²) in [6, 6.07) is 11.2. The summed E-state index contributed by atoms with van der Waals surface area (Å²) >= 11 is 3.20. The Labute approximate surface area is 115 Å². The normalized spacial score (nSPS) is 10.4. The van der Waals surface area contributed by atoms with E-state index in [0.29, 0.717) is 17.0 Å². The van der Waals surface area contributed by atoms with Crippen LogP contribution in [0.1, 0.15) is 23.0 Å². The van der Waals surface area contributed by atoms with Crippen LogP contribution in [0.15, 0.2) is 45.5 Å². The smallest absolute Gasteiger partial charge is 0.294 e. The summed E-state index contributed by atoms with van der Waals surface area (Å²) in [7, 11) is 0. The predicted octanol–water partition coefficient (Wildman–Crippen LogP) is 4.02. The highest BCUT2D eigenvalue weighted by molar-refractivity contribution is 9.10. The molecule has 0 radical (unpaired) electrons. The first kappa shape index (κ1) is 12.9. The van der Waals surface area contributed by atoms with Crippen molar-refractivity contribution in [2.24, 2.45) is 0 Å². The van der Waals surface area contributed by atoms with Gasteiger partial charge in [0.15, 0.2) is 10.4 Å².